The molecular formula is C11H15N3O. The first-order valence-corrected chi connectivity index (χ1v) is 5.09. The highest BCUT2D eigenvalue weighted by Crippen LogP contribution is 2.21. The minimum Gasteiger partial charge on any atom is -0.395 e. The van der Waals surface area contributed by atoms with Crippen molar-refractivity contribution in [2.45, 2.75) is 13.0 Å². The molecule has 2 aromatic heterocycles. The van der Waals surface area contributed by atoms with Gasteiger partial charge in [0.1, 0.15) is 5.65 Å². The summed E-state index contributed by atoms with van der Waals surface area (Å²) >= 11 is 0. The molecule has 2 heterocycles. The van der Waals surface area contributed by atoms with Crippen molar-refractivity contribution in [1.29, 1.82) is 0 Å². The molecule has 0 saturated heterocycles. The van der Waals surface area contributed by atoms with Crippen LogP contribution in [0.3, 0.4) is 0 Å². The Balaban J connectivity index is 2.27. The number of aliphatic hydroxyl groups excluding tert-OH is 1. The van der Waals surface area contributed by atoms with E-state index in [-0.39, 0.29) is 12.6 Å². The Morgan fingerprint density at radius 3 is 3.27 bits per heavy atom. The van der Waals surface area contributed by atoms with E-state index < -0.39 is 0 Å². The Labute approximate surface area is 88.3 Å². The number of aliphatic hydroxyl groups is 1. The largest absolute Gasteiger partial charge is 0.395 e. The van der Waals surface area contributed by atoms with E-state index in [4.69, 9.17) is 5.11 Å². The maximum atomic E-state index is 8.74. The summed E-state index contributed by atoms with van der Waals surface area (Å²) in [5.41, 5.74) is 2.09. The van der Waals surface area contributed by atoms with Crippen LogP contribution < -0.4 is 5.32 Å². The van der Waals surface area contributed by atoms with E-state index in [2.05, 4.69) is 22.2 Å². The smallest absolute Gasteiger partial charge is 0.137 e. The molecule has 3 N–H and O–H groups in total. The predicted octanol–water partition coefficient (Wildman–Crippen LogP) is 1.21. The van der Waals surface area contributed by atoms with Crippen LogP contribution in [0.15, 0.2) is 24.5 Å². The Kier molecular flexibility index (Phi) is 2.99. The average molecular weight is 205 g/mol. The number of pyridine rings is 1. The number of H-pyrrole nitrogens is 1. The molecule has 0 aromatic carbocycles. The number of hydrogen-bond acceptors (Lipinski definition) is 3. The maximum absolute atomic E-state index is 8.74. The summed E-state index contributed by atoms with van der Waals surface area (Å²) in [6.07, 6.45) is 3.74. The molecule has 0 amide bonds. The van der Waals surface area contributed by atoms with E-state index in [1.54, 1.807) is 6.20 Å². The molecule has 0 aliphatic rings. The molecule has 15 heavy (non-hydrogen) atoms. The first kappa shape index (κ1) is 10.1. The number of hydrogen-bond donors (Lipinski definition) is 3. The van der Waals surface area contributed by atoms with Gasteiger partial charge in [0.2, 0.25) is 0 Å². The summed E-state index contributed by atoms with van der Waals surface area (Å²) in [4.78, 5) is 7.36. The molecule has 0 spiro atoms. The summed E-state index contributed by atoms with van der Waals surface area (Å²) in [5.74, 6) is 0. The van der Waals surface area contributed by atoms with Gasteiger partial charge in [0, 0.05) is 30.4 Å². The van der Waals surface area contributed by atoms with Crippen LogP contribution >= 0.6 is 0 Å². The van der Waals surface area contributed by atoms with E-state index in [1.165, 1.54) is 5.56 Å². The molecule has 0 aliphatic heterocycles. The number of nitrogens with one attached hydrogen (secondary N) is 2. The van der Waals surface area contributed by atoms with Crippen molar-refractivity contribution in [1.82, 2.24) is 15.3 Å². The minimum absolute atomic E-state index is 0.158. The van der Waals surface area contributed by atoms with E-state index in [0.717, 1.165) is 11.0 Å². The first-order chi connectivity index (χ1) is 7.33. The molecule has 4 heteroatoms. The summed E-state index contributed by atoms with van der Waals surface area (Å²) < 4.78 is 0. The second-order valence-electron chi connectivity index (χ2n) is 3.54. The molecular weight excluding hydrogens is 190 g/mol. The van der Waals surface area contributed by atoms with Crippen molar-refractivity contribution < 1.29 is 5.11 Å². The lowest BCUT2D eigenvalue weighted by Crippen LogP contribution is -2.21. The van der Waals surface area contributed by atoms with Crippen LogP contribution in [0.1, 0.15) is 18.5 Å². The third-order valence-electron chi connectivity index (χ3n) is 2.51. The van der Waals surface area contributed by atoms with Crippen molar-refractivity contribution in [2.75, 3.05) is 13.2 Å². The van der Waals surface area contributed by atoms with Crippen LogP contribution in [0, 0.1) is 0 Å². The van der Waals surface area contributed by atoms with Crippen LogP contribution in [-0.2, 0) is 0 Å². The zero-order valence-corrected chi connectivity index (χ0v) is 8.70. The molecule has 2 rings (SSSR count). The molecule has 0 aliphatic carbocycles. The van der Waals surface area contributed by atoms with Gasteiger partial charge in [-0.1, -0.05) is 0 Å². The fourth-order valence-corrected chi connectivity index (χ4v) is 1.73. The van der Waals surface area contributed by atoms with E-state index in [9.17, 15) is 0 Å². The number of fused-ring (bicyclic) bond motifs is 1. The van der Waals surface area contributed by atoms with Gasteiger partial charge < -0.3 is 15.4 Å². The van der Waals surface area contributed by atoms with Gasteiger partial charge in [-0.05, 0) is 24.6 Å². The van der Waals surface area contributed by atoms with Crippen molar-refractivity contribution in [3.05, 3.63) is 30.1 Å². The van der Waals surface area contributed by atoms with Gasteiger partial charge in [0.15, 0.2) is 0 Å². The minimum atomic E-state index is 0.158. The van der Waals surface area contributed by atoms with Gasteiger partial charge in [-0.15, -0.1) is 0 Å². The Morgan fingerprint density at radius 2 is 2.47 bits per heavy atom. The van der Waals surface area contributed by atoms with Crippen LogP contribution in [0.25, 0.3) is 11.0 Å². The van der Waals surface area contributed by atoms with Crippen molar-refractivity contribution in [3.63, 3.8) is 0 Å². The fraction of sp³-hybridized carbons (Fsp3) is 0.364. The standard InChI is InChI=1S/C11H15N3O/c1-8(12-5-6-15)10-7-14-11-9(10)3-2-4-13-11/h2-4,7-8,12,15H,5-6H2,1H3,(H,13,14). The first-order valence-electron chi connectivity index (χ1n) is 5.09. The van der Waals surface area contributed by atoms with Crippen LogP contribution in [0.5, 0.6) is 0 Å². The number of aromatic nitrogens is 2. The topological polar surface area (TPSA) is 60.9 Å². The summed E-state index contributed by atoms with van der Waals surface area (Å²) in [6, 6.07) is 4.19. The second kappa shape index (κ2) is 4.42. The predicted molar refractivity (Wildman–Crippen MR) is 59.6 cm³/mol. The Hall–Kier alpha value is -1.39. The lowest BCUT2D eigenvalue weighted by molar-refractivity contribution is 0.286. The maximum Gasteiger partial charge on any atom is 0.137 e. The van der Waals surface area contributed by atoms with Gasteiger partial charge >= 0.3 is 0 Å². The lowest BCUT2D eigenvalue weighted by atomic mass is 10.1. The second-order valence-corrected chi connectivity index (χ2v) is 3.54. The van der Waals surface area contributed by atoms with Crippen LogP contribution in [-0.4, -0.2) is 28.2 Å². The number of rotatable bonds is 4. The van der Waals surface area contributed by atoms with Crippen molar-refractivity contribution >= 4 is 11.0 Å². The molecule has 1 unspecified atom stereocenters. The molecule has 2 aromatic rings. The van der Waals surface area contributed by atoms with E-state index in [0.29, 0.717) is 6.54 Å². The third kappa shape index (κ3) is 2.00. The van der Waals surface area contributed by atoms with Gasteiger partial charge in [-0.2, -0.15) is 0 Å². The monoisotopic (exact) mass is 205 g/mol. The lowest BCUT2D eigenvalue weighted by Gasteiger charge is -2.11. The highest BCUT2D eigenvalue weighted by Gasteiger charge is 2.10. The summed E-state index contributed by atoms with van der Waals surface area (Å²) in [7, 11) is 0. The summed E-state index contributed by atoms with van der Waals surface area (Å²) in [6.45, 7) is 2.84. The van der Waals surface area contributed by atoms with E-state index >= 15 is 0 Å². The average Bonchev–Trinajstić information content (AvgIpc) is 2.69. The van der Waals surface area contributed by atoms with E-state index in [1.807, 2.05) is 18.3 Å². The zero-order chi connectivity index (χ0) is 10.7. The molecule has 4 nitrogen and oxygen atoms in total. The molecule has 1 atom stereocenters. The third-order valence-corrected chi connectivity index (χ3v) is 2.51. The van der Waals surface area contributed by atoms with Gasteiger partial charge in [0.05, 0.1) is 6.61 Å². The highest BCUT2D eigenvalue weighted by molar-refractivity contribution is 5.79. The normalized spacial score (nSPS) is 13.2. The van der Waals surface area contributed by atoms with Crippen LogP contribution in [0.4, 0.5) is 0 Å². The number of nitrogens with zero attached hydrogens (tertiary/aromatic N) is 1. The van der Waals surface area contributed by atoms with Crippen molar-refractivity contribution in [3.8, 4) is 0 Å². The van der Waals surface area contributed by atoms with Gasteiger partial charge in [-0.25, -0.2) is 4.98 Å². The molecule has 0 radical (unpaired) electrons. The molecule has 0 bridgehead atoms. The fourth-order valence-electron chi connectivity index (χ4n) is 1.73. The SMILES string of the molecule is CC(NCCO)c1c[nH]c2ncccc12. The molecule has 0 fully saturated rings. The highest BCUT2D eigenvalue weighted by atomic mass is 16.3. The molecule has 80 valence electrons. The van der Waals surface area contributed by atoms with Gasteiger partial charge in [-0.3, -0.25) is 0 Å². The number of aromatic amines is 1. The Morgan fingerprint density at radius 1 is 1.60 bits per heavy atom. The Bertz CT molecular complexity index is 438. The quantitative estimate of drug-likeness (QED) is 0.703. The van der Waals surface area contributed by atoms with Crippen molar-refractivity contribution in [2.24, 2.45) is 0 Å². The zero-order valence-electron chi connectivity index (χ0n) is 8.70. The van der Waals surface area contributed by atoms with Crippen LogP contribution in [0.2, 0.25) is 0 Å². The summed E-state index contributed by atoms with van der Waals surface area (Å²) in [5, 5.41) is 13.1. The van der Waals surface area contributed by atoms with Gasteiger partial charge in [0.25, 0.3) is 0 Å². The molecule has 0 saturated carbocycles.